The van der Waals surface area contributed by atoms with E-state index in [1.54, 1.807) is 7.11 Å². The van der Waals surface area contributed by atoms with Gasteiger partial charge in [0, 0.05) is 5.69 Å². The molecule has 4 nitrogen and oxygen atoms in total. The maximum Gasteiger partial charge on any atom is 0.313 e. The number of fused-ring (bicyclic) bond motifs is 1. The first-order valence-corrected chi connectivity index (χ1v) is 8.80. The molecule has 3 aromatic rings. The number of rotatable bonds is 6. The number of methoxy groups -OCH3 is 1. The van der Waals surface area contributed by atoms with Gasteiger partial charge in [0.25, 0.3) is 0 Å². The van der Waals surface area contributed by atoms with Gasteiger partial charge in [-0.2, -0.15) is 0 Å². The highest BCUT2D eigenvalue weighted by Crippen LogP contribution is 2.26. The zero-order chi connectivity index (χ0) is 18.5. The van der Waals surface area contributed by atoms with Crippen LogP contribution in [-0.4, -0.2) is 18.1 Å². The minimum absolute atomic E-state index is 0.196. The average molecular weight is 349 g/mol. The van der Waals surface area contributed by atoms with E-state index in [2.05, 4.69) is 11.9 Å². The van der Waals surface area contributed by atoms with Crippen molar-refractivity contribution in [2.45, 2.75) is 32.8 Å². The van der Waals surface area contributed by atoms with E-state index in [1.807, 2.05) is 61.5 Å². The minimum Gasteiger partial charge on any atom is -0.497 e. The van der Waals surface area contributed by atoms with Crippen LogP contribution in [0.3, 0.4) is 0 Å². The number of benzene rings is 2. The van der Waals surface area contributed by atoms with Crippen LogP contribution in [0, 0.1) is 0 Å². The maximum absolute atomic E-state index is 12.4. The number of aryl methyl sites for hydroxylation is 1. The molecule has 1 atom stereocenters. The number of esters is 1. The summed E-state index contributed by atoms with van der Waals surface area (Å²) in [5, 5.41) is 2.15. The van der Waals surface area contributed by atoms with Crippen LogP contribution in [0.2, 0.25) is 0 Å². The quantitative estimate of drug-likeness (QED) is 0.608. The molecule has 26 heavy (non-hydrogen) atoms. The van der Waals surface area contributed by atoms with E-state index in [9.17, 15) is 4.79 Å². The smallest absolute Gasteiger partial charge is 0.313 e. The highest BCUT2D eigenvalue weighted by atomic mass is 16.5. The summed E-state index contributed by atoms with van der Waals surface area (Å²) in [7, 11) is 1.65. The number of pyridine rings is 1. The molecular weight excluding hydrogens is 326 g/mol. The third kappa shape index (κ3) is 4.02. The fourth-order valence-corrected chi connectivity index (χ4v) is 2.85. The number of nitrogens with zero attached hydrogens (tertiary/aromatic N) is 1. The predicted molar refractivity (Wildman–Crippen MR) is 102 cm³/mol. The van der Waals surface area contributed by atoms with Crippen molar-refractivity contribution in [2.75, 3.05) is 7.11 Å². The lowest BCUT2D eigenvalue weighted by molar-refractivity contribution is -0.146. The summed E-state index contributed by atoms with van der Waals surface area (Å²) in [5.41, 5.74) is 2.70. The summed E-state index contributed by atoms with van der Waals surface area (Å²) in [4.78, 5) is 16.9. The minimum atomic E-state index is -0.337. The van der Waals surface area contributed by atoms with Gasteiger partial charge in [-0.15, -0.1) is 0 Å². The molecule has 0 fully saturated rings. The topological polar surface area (TPSA) is 48.4 Å². The van der Waals surface area contributed by atoms with Crippen molar-refractivity contribution < 1.29 is 14.3 Å². The second-order valence-electron chi connectivity index (χ2n) is 6.28. The van der Waals surface area contributed by atoms with Crippen LogP contribution in [0.4, 0.5) is 0 Å². The molecule has 0 amide bonds. The summed E-state index contributed by atoms with van der Waals surface area (Å²) >= 11 is 0. The Balaban J connectivity index is 1.70. The van der Waals surface area contributed by atoms with Crippen LogP contribution in [0.15, 0.2) is 54.6 Å². The third-order valence-corrected chi connectivity index (χ3v) is 4.51. The zero-order valence-electron chi connectivity index (χ0n) is 15.4. The Hall–Kier alpha value is -2.88. The van der Waals surface area contributed by atoms with Crippen LogP contribution in [0.1, 0.15) is 36.7 Å². The molecule has 4 heteroatoms. The van der Waals surface area contributed by atoms with Crippen molar-refractivity contribution in [1.82, 2.24) is 4.98 Å². The summed E-state index contributed by atoms with van der Waals surface area (Å²) in [6.07, 6.45) is 0.861. The molecule has 3 rings (SSSR count). The second kappa shape index (κ2) is 8.00. The number of aromatic nitrogens is 1. The van der Waals surface area contributed by atoms with Gasteiger partial charge in [0.2, 0.25) is 0 Å². The molecule has 0 radical (unpaired) electrons. The highest BCUT2D eigenvalue weighted by molar-refractivity contribution is 5.86. The fourth-order valence-electron chi connectivity index (χ4n) is 2.85. The van der Waals surface area contributed by atoms with E-state index >= 15 is 0 Å². The molecule has 134 valence electrons. The standard InChI is InChI=1S/C22H23NO3/c1-4-19-6-5-7-20(23-19)14-26-22(24)15(2)16-8-9-18-13-21(25-3)11-10-17(18)12-16/h5-13,15H,4,14H2,1-3H3. The molecule has 0 aliphatic heterocycles. The van der Waals surface area contributed by atoms with Crippen LogP contribution >= 0.6 is 0 Å². The zero-order valence-corrected chi connectivity index (χ0v) is 15.4. The Bertz CT molecular complexity index is 920. The van der Waals surface area contributed by atoms with Crippen LogP contribution in [0.5, 0.6) is 5.75 Å². The first-order chi connectivity index (χ1) is 12.6. The molecule has 0 saturated heterocycles. The van der Waals surface area contributed by atoms with Crippen LogP contribution in [0.25, 0.3) is 10.8 Å². The van der Waals surface area contributed by atoms with Crippen molar-refractivity contribution in [3.8, 4) is 5.75 Å². The number of hydrogen-bond donors (Lipinski definition) is 0. The molecule has 2 aromatic carbocycles. The second-order valence-corrected chi connectivity index (χ2v) is 6.28. The summed E-state index contributed by atoms with van der Waals surface area (Å²) in [6.45, 7) is 4.11. The van der Waals surface area contributed by atoms with Gasteiger partial charge in [-0.25, -0.2) is 0 Å². The molecule has 0 bridgehead atoms. The maximum atomic E-state index is 12.4. The normalized spacial score (nSPS) is 12.0. The average Bonchev–Trinajstić information content (AvgIpc) is 2.70. The van der Waals surface area contributed by atoms with E-state index in [-0.39, 0.29) is 18.5 Å². The van der Waals surface area contributed by atoms with Gasteiger partial charge < -0.3 is 9.47 Å². The van der Waals surface area contributed by atoms with Crippen molar-refractivity contribution in [3.05, 3.63) is 71.5 Å². The molecule has 0 saturated carbocycles. The Morgan fingerprint density at radius 3 is 2.54 bits per heavy atom. The van der Waals surface area contributed by atoms with Crippen molar-refractivity contribution in [2.24, 2.45) is 0 Å². The molecular formula is C22H23NO3. The van der Waals surface area contributed by atoms with Crippen molar-refractivity contribution in [3.63, 3.8) is 0 Å². The van der Waals surface area contributed by atoms with E-state index in [4.69, 9.17) is 9.47 Å². The molecule has 0 aliphatic rings. The number of ether oxygens (including phenoxy) is 2. The van der Waals surface area contributed by atoms with Gasteiger partial charge in [-0.05, 0) is 53.9 Å². The molecule has 0 aliphatic carbocycles. The lowest BCUT2D eigenvalue weighted by Crippen LogP contribution is -2.13. The van der Waals surface area contributed by atoms with E-state index < -0.39 is 0 Å². The van der Waals surface area contributed by atoms with Gasteiger partial charge in [-0.1, -0.05) is 37.3 Å². The first-order valence-electron chi connectivity index (χ1n) is 8.80. The van der Waals surface area contributed by atoms with Crippen LogP contribution in [-0.2, 0) is 22.6 Å². The molecule has 1 aromatic heterocycles. The number of hydrogen-bond acceptors (Lipinski definition) is 4. The number of carbonyl (C=O) groups is 1. The molecule has 0 N–H and O–H groups in total. The Kier molecular flexibility index (Phi) is 5.52. The number of carbonyl (C=O) groups excluding carboxylic acids is 1. The lowest BCUT2D eigenvalue weighted by Gasteiger charge is -2.13. The fraction of sp³-hybridized carbons (Fsp3) is 0.273. The predicted octanol–water partition coefficient (Wildman–Crippen LogP) is 4.65. The highest BCUT2D eigenvalue weighted by Gasteiger charge is 2.17. The van der Waals surface area contributed by atoms with E-state index in [0.29, 0.717) is 0 Å². The van der Waals surface area contributed by atoms with Crippen molar-refractivity contribution >= 4 is 16.7 Å². The lowest BCUT2D eigenvalue weighted by atomic mass is 9.98. The summed E-state index contributed by atoms with van der Waals surface area (Å²) < 4.78 is 10.7. The van der Waals surface area contributed by atoms with Crippen LogP contribution < -0.4 is 4.74 Å². The van der Waals surface area contributed by atoms with Gasteiger partial charge in [0.15, 0.2) is 0 Å². The summed E-state index contributed by atoms with van der Waals surface area (Å²) in [6, 6.07) is 17.7. The Morgan fingerprint density at radius 1 is 1.04 bits per heavy atom. The molecule has 1 unspecified atom stereocenters. The Morgan fingerprint density at radius 2 is 1.77 bits per heavy atom. The molecule has 1 heterocycles. The summed E-state index contributed by atoms with van der Waals surface area (Å²) in [5.74, 6) is 0.233. The van der Waals surface area contributed by atoms with Crippen molar-refractivity contribution in [1.29, 1.82) is 0 Å². The molecule has 0 spiro atoms. The van der Waals surface area contributed by atoms with E-state index in [1.165, 1.54) is 0 Å². The van der Waals surface area contributed by atoms with Gasteiger partial charge in [0.1, 0.15) is 12.4 Å². The van der Waals surface area contributed by atoms with Gasteiger partial charge >= 0.3 is 5.97 Å². The first kappa shape index (κ1) is 17.9. The SMILES string of the molecule is CCc1cccc(COC(=O)C(C)c2ccc3cc(OC)ccc3c2)n1. The largest absolute Gasteiger partial charge is 0.497 e. The Labute approximate surface area is 153 Å². The monoisotopic (exact) mass is 349 g/mol. The van der Waals surface area contributed by atoms with Gasteiger partial charge in [0.05, 0.1) is 18.7 Å². The van der Waals surface area contributed by atoms with E-state index in [0.717, 1.165) is 39.9 Å². The third-order valence-electron chi connectivity index (χ3n) is 4.51. The van der Waals surface area contributed by atoms with Gasteiger partial charge in [-0.3, -0.25) is 9.78 Å².